The fourth-order valence-corrected chi connectivity index (χ4v) is 9.66. The number of phosphoric acid groups is 1. The molecule has 0 aromatic rings. The molecule has 2 N–H and O–H groups in total. The predicted octanol–water partition coefficient (Wildman–Crippen LogP) is 18.3. The van der Waals surface area contributed by atoms with E-state index >= 15 is 0 Å². The number of ether oxygens (including phenoxy) is 1. The molecule has 1 amide bonds. The van der Waals surface area contributed by atoms with Crippen LogP contribution in [0.5, 0.6) is 0 Å². The van der Waals surface area contributed by atoms with E-state index in [0.29, 0.717) is 17.4 Å². The first-order valence-electron chi connectivity index (χ1n) is 30.3. The number of quaternary nitrogens is 1. The van der Waals surface area contributed by atoms with E-state index in [0.717, 1.165) is 83.5 Å². The van der Waals surface area contributed by atoms with Gasteiger partial charge in [-0.1, -0.05) is 257 Å². The molecular weight excluding hydrogens is 904 g/mol. The van der Waals surface area contributed by atoms with E-state index in [9.17, 15) is 19.0 Å². The summed E-state index contributed by atoms with van der Waals surface area (Å²) in [5.41, 5.74) is 0. The zero-order valence-electron chi connectivity index (χ0n) is 47.7. The Morgan fingerprint density at radius 3 is 1.34 bits per heavy atom. The van der Waals surface area contributed by atoms with Crippen LogP contribution in [-0.2, 0) is 27.9 Å². The van der Waals surface area contributed by atoms with Crippen LogP contribution in [0.2, 0.25) is 0 Å². The van der Waals surface area contributed by atoms with Gasteiger partial charge < -0.3 is 19.4 Å². The number of nitrogens with one attached hydrogen (secondary N) is 1. The van der Waals surface area contributed by atoms with Crippen LogP contribution in [0.3, 0.4) is 0 Å². The van der Waals surface area contributed by atoms with Crippen LogP contribution in [0.1, 0.15) is 290 Å². The molecule has 0 aliphatic rings. The monoisotopic (exact) mass is 1020 g/mol. The molecule has 0 aliphatic heterocycles. The number of rotatable bonds is 55. The first kappa shape index (κ1) is 69.2. The van der Waals surface area contributed by atoms with Gasteiger partial charge in [0, 0.05) is 12.8 Å². The second kappa shape index (κ2) is 51.7. The third kappa shape index (κ3) is 52.9. The molecule has 0 spiro atoms. The van der Waals surface area contributed by atoms with Gasteiger partial charge in [0.2, 0.25) is 5.91 Å². The van der Waals surface area contributed by atoms with Gasteiger partial charge in [0.15, 0.2) is 0 Å². The molecule has 0 fully saturated rings. The van der Waals surface area contributed by atoms with Crippen molar-refractivity contribution >= 4 is 19.7 Å². The maximum atomic E-state index is 13.5. The zero-order valence-corrected chi connectivity index (χ0v) is 48.6. The predicted molar refractivity (Wildman–Crippen MR) is 305 cm³/mol. The van der Waals surface area contributed by atoms with Crippen molar-refractivity contribution in [1.29, 1.82) is 0 Å². The number of carbonyl (C=O) groups excluding carboxylic acids is 2. The average molecular weight is 1020 g/mol. The van der Waals surface area contributed by atoms with Crippen molar-refractivity contribution in [3.8, 4) is 0 Å². The maximum absolute atomic E-state index is 13.5. The Balaban J connectivity index is 5.23. The van der Waals surface area contributed by atoms with Crippen LogP contribution < -0.4 is 5.32 Å². The largest absolute Gasteiger partial charge is 0.472 e. The van der Waals surface area contributed by atoms with Crippen LogP contribution in [0, 0.1) is 0 Å². The number of unbranched alkanes of at least 4 members (excludes halogenated alkanes) is 35. The van der Waals surface area contributed by atoms with E-state index in [1.165, 1.54) is 173 Å². The summed E-state index contributed by atoms with van der Waals surface area (Å²) >= 11 is 0. The van der Waals surface area contributed by atoms with E-state index in [2.05, 4.69) is 50.4 Å². The Hall–Kier alpha value is -1.77. The molecule has 0 bridgehead atoms. The number of hydrogen-bond donors (Lipinski definition) is 2. The van der Waals surface area contributed by atoms with Crippen LogP contribution >= 0.6 is 7.82 Å². The number of amides is 1. The van der Waals surface area contributed by atoms with Gasteiger partial charge >= 0.3 is 13.8 Å². The van der Waals surface area contributed by atoms with Crippen LogP contribution in [0.25, 0.3) is 0 Å². The van der Waals surface area contributed by atoms with E-state index in [4.69, 9.17) is 13.8 Å². The summed E-state index contributed by atoms with van der Waals surface area (Å²) in [5, 5.41) is 3.06. The van der Waals surface area contributed by atoms with Crippen molar-refractivity contribution in [1.82, 2.24) is 5.32 Å². The molecule has 0 aromatic heterocycles. The second-order valence-corrected chi connectivity index (χ2v) is 23.3. The number of likely N-dealkylation sites (N-methyl/N-ethyl adjacent to an activating group) is 1. The summed E-state index contributed by atoms with van der Waals surface area (Å²) in [5.74, 6) is -0.503. The van der Waals surface area contributed by atoms with Crippen molar-refractivity contribution in [3.63, 3.8) is 0 Å². The van der Waals surface area contributed by atoms with E-state index in [1.54, 1.807) is 0 Å². The lowest BCUT2D eigenvalue weighted by Gasteiger charge is -2.27. The van der Waals surface area contributed by atoms with Crippen molar-refractivity contribution < 1.29 is 37.3 Å². The number of esters is 1. The molecule has 3 unspecified atom stereocenters. The third-order valence-electron chi connectivity index (χ3n) is 13.6. The Morgan fingerprint density at radius 2 is 0.901 bits per heavy atom. The minimum Gasteiger partial charge on any atom is -0.456 e. The van der Waals surface area contributed by atoms with Crippen molar-refractivity contribution in [2.75, 3.05) is 40.9 Å². The fraction of sp³-hybridized carbons (Fsp3) is 0.869. The minimum absolute atomic E-state index is 0.0411. The summed E-state index contributed by atoms with van der Waals surface area (Å²) in [7, 11) is 1.50. The molecule has 9 nitrogen and oxygen atoms in total. The number of nitrogens with zero attached hydrogens (tertiary/aromatic N) is 1. The van der Waals surface area contributed by atoms with Crippen molar-refractivity contribution in [2.24, 2.45) is 0 Å². The standard InChI is InChI=1S/C61H117N2O7P/c1-7-10-13-16-19-22-25-28-30-31-32-33-34-35-38-41-44-47-50-53-60(64)62-58(57-69-71(66,67)68-56-55-63(4,5)6)59(52-49-46-43-40-37-27-24-21-18-15-12-9-3)70-61(65)54-51-48-45-42-39-36-29-26-23-20-17-14-11-8-2/h11,14,20,23,49,52,58-59H,7-10,12-13,15-19,21-22,24-48,50-51,53-57H2,1-6H3,(H-,62,64,66,67)/p+1/b14-11+,23-20+,52-49+. The average Bonchev–Trinajstić information content (AvgIpc) is 3.33. The van der Waals surface area contributed by atoms with E-state index < -0.39 is 20.0 Å². The van der Waals surface area contributed by atoms with Crippen LogP contribution in [0.15, 0.2) is 36.5 Å². The highest BCUT2D eigenvalue weighted by molar-refractivity contribution is 7.47. The molecule has 0 aliphatic carbocycles. The lowest BCUT2D eigenvalue weighted by Crippen LogP contribution is -2.47. The Bertz CT molecular complexity index is 1310. The topological polar surface area (TPSA) is 111 Å². The summed E-state index contributed by atoms with van der Waals surface area (Å²) in [4.78, 5) is 37.6. The molecule has 0 saturated heterocycles. The van der Waals surface area contributed by atoms with Gasteiger partial charge in [-0.25, -0.2) is 4.57 Å². The molecule has 0 radical (unpaired) electrons. The van der Waals surface area contributed by atoms with Crippen LogP contribution in [-0.4, -0.2) is 74.3 Å². The second-order valence-electron chi connectivity index (χ2n) is 21.9. The molecule has 10 heteroatoms. The summed E-state index contributed by atoms with van der Waals surface area (Å²) in [6.07, 6.45) is 61.4. The van der Waals surface area contributed by atoms with Gasteiger partial charge in [-0.3, -0.25) is 18.6 Å². The van der Waals surface area contributed by atoms with Gasteiger partial charge in [-0.05, 0) is 57.4 Å². The SMILES string of the molecule is CC/C=C/C/C=C/CCCCCCCCCC(=O)OC(/C=C/CCCCCCCCCCCC)C(COP(=O)(O)OCC[N+](C)(C)C)NC(=O)CCCCCCCCCCCCCCCCCCCCC. The summed E-state index contributed by atoms with van der Waals surface area (Å²) in [6, 6.07) is -0.846. The van der Waals surface area contributed by atoms with E-state index in [-0.39, 0.29) is 31.5 Å². The quantitative estimate of drug-likeness (QED) is 0.0205. The highest BCUT2D eigenvalue weighted by atomic mass is 31.2. The Kier molecular flexibility index (Phi) is 50.4. The molecule has 0 saturated carbocycles. The van der Waals surface area contributed by atoms with Gasteiger partial charge in [0.05, 0.1) is 33.8 Å². The lowest BCUT2D eigenvalue weighted by atomic mass is 10.0. The molecule has 0 heterocycles. The molecule has 418 valence electrons. The van der Waals surface area contributed by atoms with Crippen LogP contribution in [0.4, 0.5) is 0 Å². The third-order valence-corrected chi connectivity index (χ3v) is 14.6. The van der Waals surface area contributed by atoms with Gasteiger partial charge in [0.1, 0.15) is 19.3 Å². The zero-order chi connectivity index (χ0) is 52.2. The number of hydrogen-bond acceptors (Lipinski definition) is 6. The Labute approximate surface area is 440 Å². The maximum Gasteiger partial charge on any atom is 0.472 e. The normalized spacial score (nSPS) is 14.0. The molecule has 3 atom stereocenters. The van der Waals surface area contributed by atoms with Gasteiger partial charge in [-0.2, -0.15) is 0 Å². The molecule has 0 rings (SSSR count). The summed E-state index contributed by atoms with van der Waals surface area (Å²) in [6.45, 7) is 6.93. The summed E-state index contributed by atoms with van der Waals surface area (Å²) < 4.78 is 30.7. The van der Waals surface area contributed by atoms with Gasteiger partial charge in [-0.15, -0.1) is 0 Å². The molecular formula is C61H118N2O7P+. The first-order valence-corrected chi connectivity index (χ1v) is 31.8. The Morgan fingerprint density at radius 1 is 0.507 bits per heavy atom. The molecule has 0 aromatic carbocycles. The molecule has 71 heavy (non-hydrogen) atoms. The van der Waals surface area contributed by atoms with Crippen molar-refractivity contribution in [2.45, 2.75) is 303 Å². The highest BCUT2D eigenvalue weighted by Crippen LogP contribution is 2.43. The first-order chi connectivity index (χ1) is 34.4. The minimum atomic E-state index is -4.44. The highest BCUT2D eigenvalue weighted by Gasteiger charge is 2.30. The number of allylic oxidation sites excluding steroid dienone is 5. The fourth-order valence-electron chi connectivity index (χ4n) is 8.92. The lowest BCUT2D eigenvalue weighted by molar-refractivity contribution is -0.870. The number of phosphoric ester groups is 1. The van der Waals surface area contributed by atoms with Gasteiger partial charge in [0.25, 0.3) is 0 Å². The van der Waals surface area contributed by atoms with E-state index in [1.807, 2.05) is 33.3 Å². The smallest absolute Gasteiger partial charge is 0.456 e. The van der Waals surface area contributed by atoms with Crippen molar-refractivity contribution in [3.05, 3.63) is 36.5 Å². The number of carbonyl (C=O) groups is 2.